The number of carbonyl (C=O) groups is 2. The highest BCUT2D eigenvalue weighted by Crippen LogP contribution is 2.23. The van der Waals surface area contributed by atoms with Crippen LogP contribution in [0.2, 0.25) is 5.02 Å². The van der Waals surface area contributed by atoms with E-state index in [0.717, 1.165) is 15.7 Å². The number of rotatable bonds is 8. The van der Waals surface area contributed by atoms with Gasteiger partial charge in [0.25, 0.3) is 0 Å². The summed E-state index contributed by atoms with van der Waals surface area (Å²) < 4.78 is 29.0. The molecule has 1 aliphatic heterocycles. The van der Waals surface area contributed by atoms with Crippen molar-refractivity contribution in [2.75, 3.05) is 25.0 Å². The molecule has 37 heavy (non-hydrogen) atoms. The Morgan fingerprint density at radius 3 is 2.19 bits per heavy atom. The maximum atomic E-state index is 13.5. The van der Waals surface area contributed by atoms with E-state index in [1.165, 1.54) is 28.6 Å². The number of likely N-dealkylation sites (tertiary alicyclic amines) is 1. The number of anilines is 1. The van der Waals surface area contributed by atoms with Crippen molar-refractivity contribution < 1.29 is 18.0 Å². The van der Waals surface area contributed by atoms with Gasteiger partial charge in [0.05, 0.1) is 11.4 Å². The van der Waals surface area contributed by atoms with E-state index >= 15 is 0 Å². The van der Waals surface area contributed by atoms with Crippen molar-refractivity contribution in [2.24, 2.45) is 5.92 Å². The van der Waals surface area contributed by atoms with Crippen LogP contribution in [0.15, 0.2) is 88.2 Å². The minimum absolute atomic E-state index is 0.0591. The number of sulfonamides is 1. The van der Waals surface area contributed by atoms with Gasteiger partial charge in [-0.3, -0.25) is 9.59 Å². The summed E-state index contributed by atoms with van der Waals surface area (Å²) in [6.07, 6.45) is 1.02. The predicted molar refractivity (Wildman–Crippen MR) is 148 cm³/mol. The molecule has 1 N–H and O–H groups in total. The Morgan fingerprint density at radius 2 is 1.57 bits per heavy atom. The van der Waals surface area contributed by atoms with Crippen LogP contribution in [-0.2, 0) is 26.2 Å². The Kier molecular flexibility index (Phi) is 9.02. The number of hydrogen-bond acceptors (Lipinski definition) is 4. The summed E-state index contributed by atoms with van der Waals surface area (Å²) in [7, 11) is -3.95. The van der Waals surface area contributed by atoms with Gasteiger partial charge in [-0.1, -0.05) is 57.9 Å². The third kappa shape index (κ3) is 7.19. The summed E-state index contributed by atoms with van der Waals surface area (Å²) in [5.41, 5.74) is 1.49. The number of carbonyl (C=O) groups excluding carboxylic acids is 2. The lowest BCUT2D eigenvalue weighted by Gasteiger charge is -2.33. The number of nitrogens with zero attached hydrogens (tertiary/aromatic N) is 2. The lowest BCUT2D eigenvalue weighted by molar-refractivity contribution is -0.134. The van der Waals surface area contributed by atoms with Crippen molar-refractivity contribution in [2.45, 2.75) is 24.3 Å². The SMILES string of the molecule is O=C(Nc1ccc(Br)cc1)C1CCN(C(=O)CN(Cc2ccccc2)S(=O)(=O)c2ccc(Cl)cc2)CC1. The van der Waals surface area contributed by atoms with Crippen LogP contribution in [-0.4, -0.2) is 49.1 Å². The molecule has 1 fully saturated rings. The normalized spacial score (nSPS) is 14.5. The van der Waals surface area contributed by atoms with Gasteiger partial charge in [-0.25, -0.2) is 8.42 Å². The van der Waals surface area contributed by atoms with Crippen LogP contribution in [0.5, 0.6) is 0 Å². The number of piperidine rings is 1. The second-order valence-corrected chi connectivity index (χ2v) is 12.2. The number of amides is 2. The van der Waals surface area contributed by atoms with Gasteiger partial charge in [0.2, 0.25) is 21.8 Å². The first kappa shape index (κ1) is 27.3. The molecular weight excluding hydrogens is 578 g/mol. The zero-order chi connectivity index (χ0) is 26.4. The molecule has 10 heteroatoms. The van der Waals surface area contributed by atoms with Crippen LogP contribution < -0.4 is 5.32 Å². The van der Waals surface area contributed by atoms with Crippen molar-refractivity contribution in [3.05, 3.63) is 93.9 Å². The molecule has 1 aliphatic rings. The molecular formula is C27H27BrClN3O4S. The van der Waals surface area contributed by atoms with Crippen LogP contribution >= 0.6 is 27.5 Å². The Morgan fingerprint density at radius 1 is 0.946 bits per heavy atom. The number of benzene rings is 3. The monoisotopic (exact) mass is 603 g/mol. The summed E-state index contributed by atoms with van der Waals surface area (Å²) in [5, 5.41) is 3.35. The van der Waals surface area contributed by atoms with Crippen LogP contribution in [0.4, 0.5) is 5.69 Å². The first-order valence-electron chi connectivity index (χ1n) is 11.9. The quantitative estimate of drug-likeness (QED) is 0.384. The Bertz CT molecular complexity index is 1330. The minimum Gasteiger partial charge on any atom is -0.342 e. The van der Waals surface area contributed by atoms with Crippen molar-refractivity contribution in [3.8, 4) is 0 Å². The molecule has 0 unspecified atom stereocenters. The highest BCUT2D eigenvalue weighted by molar-refractivity contribution is 9.10. The van der Waals surface area contributed by atoms with Gasteiger partial charge in [0, 0.05) is 40.7 Å². The molecule has 0 bridgehead atoms. The maximum absolute atomic E-state index is 13.5. The molecule has 1 saturated heterocycles. The number of halogens is 2. The molecule has 7 nitrogen and oxygen atoms in total. The van der Waals surface area contributed by atoms with Gasteiger partial charge in [-0.15, -0.1) is 0 Å². The lowest BCUT2D eigenvalue weighted by Crippen LogP contribution is -2.46. The minimum atomic E-state index is -3.95. The van der Waals surface area contributed by atoms with E-state index in [-0.39, 0.29) is 35.7 Å². The smallest absolute Gasteiger partial charge is 0.243 e. The molecule has 0 aliphatic carbocycles. The van der Waals surface area contributed by atoms with E-state index in [1.807, 2.05) is 54.6 Å². The lowest BCUT2D eigenvalue weighted by atomic mass is 9.95. The van der Waals surface area contributed by atoms with Crippen molar-refractivity contribution >= 4 is 55.1 Å². The molecule has 0 spiro atoms. The van der Waals surface area contributed by atoms with Gasteiger partial charge in [0.1, 0.15) is 0 Å². The first-order valence-corrected chi connectivity index (χ1v) is 14.5. The third-order valence-electron chi connectivity index (χ3n) is 6.29. The van der Waals surface area contributed by atoms with Gasteiger partial charge >= 0.3 is 0 Å². The average molecular weight is 605 g/mol. The molecule has 2 amide bonds. The molecule has 1 heterocycles. The zero-order valence-corrected chi connectivity index (χ0v) is 23.2. The van der Waals surface area contributed by atoms with Crippen LogP contribution in [0.3, 0.4) is 0 Å². The van der Waals surface area contributed by atoms with Gasteiger partial charge in [0.15, 0.2) is 0 Å². The summed E-state index contributed by atoms with van der Waals surface area (Å²) in [6.45, 7) is 0.536. The summed E-state index contributed by atoms with van der Waals surface area (Å²) in [4.78, 5) is 27.6. The van der Waals surface area contributed by atoms with Crippen LogP contribution in [0.1, 0.15) is 18.4 Å². The molecule has 0 radical (unpaired) electrons. The number of nitrogens with one attached hydrogen (secondary N) is 1. The Hall–Kier alpha value is -2.72. The number of hydrogen-bond donors (Lipinski definition) is 1. The van der Waals surface area contributed by atoms with E-state index in [9.17, 15) is 18.0 Å². The molecule has 4 rings (SSSR count). The molecule has 0 saturated carbocycles. The largest absolute Gasteiger partial charge is 0.342 e. The fourth-order valence-corrected chi connectivity index (χ4v) is 5.96. The second kappa shape index (κ2) is 12.2. The highest BCUT2D eigenvalue weighted by Gasteiger charge is 2.32. The van der Waals surface area contributed by atoms with E-state index in [2.05, 4.69) is 21.2 Å². The fraction of sp³-hybridized carbons (Fsp3) is 0.259. The summed E-state index contributed by atoms with van der Waals surface area (Å²) in [6, 6.07) is 22.4. The van der Waals surface area contributed by atoms with Crippen molar-refractivity contribution in [1.29, 1.82) is 0 Å². The highest BCUT2D eigenvalue weighted by atomic mass is 79.9. The van der Waals surface area contributed by atoms with E-state index < -0.39 is 10.0 Å². The van der Waals surface area contributed by atoms with Crippen LogP contribution in [0.25, 0.3) is 0 Å². The van der Waals surface area contributed by atoms with E-state index in [0.29, 0.717) is 31.0 Å². The standard InChI is InChI=1S/C27H27BrClN3O4S/c28-22-6-10-24(11-7-22)30-27(34)21-14-16-31(17-15-21)26(33)19-32(18-20-4-2-1-3-5-20)37(35,36)25-12-8-23(29)9-13-25/h1-13,21H,14-19H2,(H,30,34). The van der Waals surface area contributed by atoms with Gasteiger partial charge in [-0.2, -0.15) is 4.31 Å². The molecule has 3 aromatic carbocycles. The van der Waals surface area contributed by atoms with Gasteiger partial charge in [-0.05, 0) is 66.9 Å². The molecule has 0 aromatic heterocycles. The van der Waals surface area contributed by atoms with E-state index in [1.54, 1.807) is 4.90 Å². The van der Waals surface area contributed by atoms with Crippen LogP contribution in [0, 0.1) is 5.92 Å². The fourth-order valence-electron chi connectivity index (χ4n) is 4.19. The van der Waals surface area contributed by atoms with Crippen molar-refractivity contribution in [3.63, 3.8) is 0 Å². The molecule has 3 aromatic rings. The third-order valence-corrected chi connectivity index (χ3v) is 8.88. The Labute approximate surface area is 230 Å². The Balaban J connectivity index is 1.41. The molecule has 0 atom stereocenters. The maximum Gasteiger partial charge on any atom is 0.243 e. The summed E-state index contributed by atoms with van der Waals surface area (Å²) >= 11 is 9.32. The zero-order valence-electron chi connectivity index (χ0n) is 20.0. The average Bonchev–Trinajstić information content (AvgIpc) is 2.90. The topological polar surface area (TPSA) is 86.8 Å². The molecule has 194 valence electrons. The van der Waals surface area contributed by atoms with E-state index in [4.69, 9.17) is 11.6 Å². The second-order valence-electron chi connectivity index (χ2n) is 8.86. The van der Waals surface area contributed by atoms with Gasteiger partial charge < -0.3 is 10.2 Å². The van der Waals surface area contributed by atoms with Crippen molar-refractivity contribution in [1.82, 2.24) is 9.21 Å². The first-order chi connectivity index (χ1) is 17.7. The predicted octanol–water partition coefficient (Wildman–Crippen LogP) is 5.17. The summed E-state index contributed by atoms with van der Waals surface area (Å²) in [5.74, 6) is -0.586.